The third-order valence-corrected chi connectivity index (χ3v) is 3.40. The van der Waals surface area contributed by atoms with Crippen molar-refractivity contribution < 1.29 is 31.1 Å². The van der Waals surface area contributed by atoms with Crippen molar-refractivity contribution in [2.45, 2.75) is 50.2 Å². The highest BCUT2D eigenvalue weighted by molar-refractivity contribution is 4.82. The first kappa shape index (κ1) is 16.6. The third kappa shape index (κ3) is 4.83. The predicted molar refractivity (Wildman–Crippen MR) is 56.7 cm³/mol. The van der Waals surface area contributed by atoms with Crippen LogP contribution in [0.2, 0.25) is 0 Å². The van der Waals surface area contributed by atoms with Crippen LogP contribution in [0.25, 0.3) is 0 Å². The van der Waals surface area contributed by atoms with Crippen molar-refractivity contribution in [2.24, 2.45) is 5.92 Å². The SMILES string of the molecule is CNC1CCCC1CCOC(C(F)(F)F)C(F)(F)F. The van der Waals surface area contributed by atoms with Crippen LogP contribution >= 0.6 is 0 Å². The topological polar surface area (TPSA) is 21.3 Å². The van der Waals surface area contributed by atoms with Gasteiger partial charge in [0.1, 0.15) is 0 Å². The van der Waals surface area contributed by atoms with Crippen LogP contribution in [0.5, 0.6) is 0 Å². The molecule has 2 nitrogen and oxygen atoms in total. The lowest BCUT2D eigenvalue weighted by Gasteiger charge is -2.24. The van der Waals surface area contributed by atoms with Gasteiger partial charge in [-0.05, 0) is 32.2 Å². The molecular weight excluding hydrogens is 276 g/mol. The van der Waals surface area contributed by atoms with E-state index in [2.05, 4.69) is 10.1 Å². The molecule has 0 aromatic heterocycles. The van der Waals surface area contributed by atoms with Crippen molar-refractivity contribution in [2.75, 3.05) is 13.7 Å². The number of ether oxygens (including phenoxy) is 1. The summed E-state index contributed by atoms with van der Waals surface area (Å²) in [5.74, 6) is 0.0760. The Hall–Kier alpha value is -0.500. The number of hydrogen-bond acceptors (Lipinski definition) is 2. The maximum absolute atomic E-state index is 12.2. The van der Waals surface area contributed by atoms with Crippen LogP contribution in [0.15, 0.2) is 0 Å². The lowest BCUT2D eigenvalue weighted by atomic mass is 10.0. The highest BCUT2D eigenvalue weighted by atomic mass is 19.4. The molecule has 1 aliphatic rings. The van der Waals surface area contributed by atoms with Gasteiger partial charge >= 0.3 is 12.4 Å². The van der Waals surface area contributed by atoms with E-state index >= 15 is 0 Å². The summed E-state index contributed by atoms with van der Waals surface area (Å²) in [6, 6.07) is 0.152. The van der Waals surface area contributed by atoms with Gasteiger partial charge in [-0.25, -0.2) is 0 Å². The minimum atomic E-state index is -5.42. The minimum absolute atomic E-state index is 0.0760. The van der Waals surface area contributed by atoms with Gasteiger partial charge in [-0.3, -0.25) is 0 Å². The quantitative estimate of drug-likeness (QED) is 0.786. The van der Waals surface area contributed by atoms with Gasteiger partial charge in [0.05, 0.1) is 0 Å². The summed E-state index contributed by atoms with van der Waals surface area (Å²) in [7, 11) is 1.73. The second-order valence-corrected chi connectivity index (χ2v) is 4.71. The predicted octanol–water partition coefficient (Wildman–Crippen LogP) is 3.27. The van der Waals surface area contributed by atoms with E-state index in [0.717, 1.165) is 19.3 Å². The highest BCUT2D eigenvalue weighted by Crippen LogP contribution is 2.36. The monoisotopic (exact) mass is 293 g/mol. The normalized spacial score (nSPS) is 25.3. The Kier molecular flexibility index (Phi) is 5.49. The van der Waals surface area contributed by atoms with Crippen molar-refractivity contribution in [1.29, 1.82) is 0 Å². The van der Waals surface area contributed by atoms with Gasteiger partial charge in [-0.1, -0.05) is 6.42 Å². The molecule has 1 saturated carbocycles. The molecule has 0 saturated heterocycles. The molecule has 1 fully saturated rings. The second-order valence-electron chi connectivity index (χ2n) is 4.71. The zero-order chi connectivity index (χ0) is 14.7. The van der Waals surface area contributed by atoms with E-state index < -0.39 is 25.1 Å². The first-order valence-electron chi connectivity index (χ1n) is 6.08. The van der Waals surface area contributed by atoms with E-state index in [1.54, 1.807) is 7.05 Å². The van der Waals surface area contributed by atoms with Crippen molar-refractivity contribution in [3.63, 3.8) is 0 Å². The van der Waals surface area contributed by atoms with Crippen molar-refractivity contribution in [3.8, 4) is 0 Å². The molecule has 0 radical (unpaired) electrons. The van der Waals surface area contributed by atoms with Crippen LogP contribution in [-0.2, 0) is 4.74 Å². The van der Waals surface area contributed by atoms with Crippen LogP contribution in [0.3, 0.4) is 0 Å². The smallest absolute Gasteiger partial charge is 0.361 e. The zero-order valence-corrected chi connectivity index (χ0v) is 10.4. The van der Waals surface area contributed by atoms with E-state index in [0.29, 0.717) is 0 Å². The molecule has 0 bridgehead atoms. The fourth-order valence-electron chi connectivity index (χ4n) is 2.47. The summed E-state index contributed by atoms with van der Waals surface area (Å²) in [5.41, 5.74) is 0. The molecule has 8 heteroatoms. The van der Waals surface area contributed by atoms with Crippen LogP contribution in [0, 0.1) is 5.92 Å². The van der Waals surface area contributed by atoms with Gasteiger partial charge in [0, 0.05) is 12.6 Å². The summed E-state index contributed by atoms with van der Waals surface area (Å²) in [6.07, 6.45) is -11.7. The van der Waals surface area contributed by atoms with Crippen molar-refractivity contribution in [3.05, 3.63) is 0 Å². The van der Waals surface area contributed by atoms with Crippen LogP contribution in [0.4, 0.5) is 26.3 Å². The molecule has 0 aliphatic heterocycles. The largest absolute Gasteiger partial charge is 0.423 e. The molecular formula is C11H17F6NO. The Morgan fingerprint density at radius 2 is 1.68 bits per heavy atom. The van der Waals surface area contributed by atoms with E-state index in [-0.39, 0.29) is 18.4 Å². The standard InChI is InChI=1S/C11H17F6NO/c1-18-8-4-2-3-7(8)5-6-19-9(10(12,13)14)11(15,16)17/h7-9,18H,2-6H2,1H3. The molecule has 1 rings (SSSR count). The summed E-state index contributed by atoms with van der Waals surface area (Å²) in [4.78, 5) is 0. The molecule has 0 aromatic rings. The molecule has 19 heavy (non-hydrogen) atoms. The van der Waals surface area contributed by atoms with E-state index in [9.17, 15) is 26.3 Å². The van der Waals surface area contributed by atoms with E-state index in [1.807, 2.05) is 0 Å². The Morgan fingerprint density at radius 3 is 2.16 bits per heavy atom. The molecule has 0 amide bonds. The summed E-state index contributed by atoms with van der Waals surface area (Å²) >= 11 is 0. The van der Waals surface area contributed by atoms with Gasteiger partial charge in [-0.15, -0.1) is 0 Å². The van der Waals surface area contributed by atoms with E-state index in [4.69, 9.17) is 0 Å². The highest BCUT2D eigenvalue weighted by Gasteiger charge is 2.57. The Labute approximate surface area is 107 Å². The Bertz CT molecular complexity index is 263. The number of hydrogen-bond donors (Lipinski definition) is 1. The lowest BCUT2D eigenvalue weighted by Crippen LogP contribution is -2.44. The minimum Gasteiger partial charge on any atom is -0.361 e. The lowest BCUT2D eigenvalue weighted by molar-refractivity contribution is -0.322. The van der Waals surface area contributed by atoms with Crippen LogP contribution in [-0.4, -0.2) is 38.2 Å². The summed E-state index contributed by atoms with van der Waals surface area (Å²) in [5, 5.41) is 3.01. The average molecular weight is 293 g/mol. The first-order chi connectivity index (χ1) is 8.66. The van der Waals surface area contributed by atoms with Crippen LogP contribution in [0.1, 0.15) is 25.7 Å². The maximum Gasteiger partial charge on any atom is 0.423 e. The molecule has 0 aromatic carbocycles. The fourth-order valence-corrected chi connectivity index (χ4v) is 2.47. The van der Waals surface area contributed by atoms with Gasteiger partial charge in [0.2, 0.25) is 6.10 Å². The van der Waals surface area contributed by atoms with Gasteiger partial charge < -0.3 is 10.1 Å². The zero-order valence-electron chi connectivity index (χ0n) is 10.4. The summed E-state index contributed by atoms with van der Waals surface area (Å²) < 4.78 is 77.3. The van der Waals surface area contributed by atoms with Crippen molar-refractivity contribution >= 4 is 0 Å². The fraction of sp³-hybridized carbons (Fsp3) is 1.00. The second kappa shape index (κ2) is 6.30. The molecule has 114 valence electrons. The molecule has 1 aliphatic carbocycles. The molecule has 2 atom stereocenters. The Morgan fingerprint density at radius 1 is 1.11 bits per heavy atom. The average Bonchev–Trinajstić information content (AvgIpc) is 2.67. The molecule has 0 heterocycles. The molecule has 1 N–H and O–H groups in total. The number of nitrogens with one attached hydrogen (secondary N) is 1. The van der Waals surface area contributed by atoms with Gasteiger partial charge in [-0.2, -0.15) is 26.3 Å². The number of halogens is 6. The van der Waals surface area contributed by atoms with Gasteiger partial charge in [0.25, 0.3) is 0 Å². The summed E-state index contributed by atoms with van der Waals surface area (Å²) in [6.45, 7) is -0.535. The van der Waals surface area contributed by atoms with Crippen LogP contribution < -0.4 is 5.32 Å². The first-order valence-corrected chi connectivity index (χ1v) is 6.08. The van der Waals surface area contributed by atoms with Gasteiger partial charge in [0.15, 0.2) is 0 Å². The van der Waals surface area contributed by atoms with E-state index in [1.165, 1.54) is 0 Å². The van der Waals surface area contributed by atoms with Crippen molar-refractivity contribution in [1.82, 2.24) is 5.32 Å². The number of alkyl halides is 6. The maximum atomic E-state index is 12.2. The Balaban J connectivity index is 2.45. The third-order valence-electron chi connectivity index (χ3n) is 3.40. The molecule has 2 unspecified atom stereocenters. The number of rotatable bonds is 5. The molecule has 0 spiro atoms.